The Morgan fingerprint density at radius 3 is 2.28 bits per heavy atom. The molecule has 4 aliphatic rings. The fraction of sp³-hybridized carbons (Fsp3) is 0.306. The number of oxazole rings is 1. The van der Waals surface area contributed by atoms with Gasteiger partial charge in [-0.05, 0) is 72.9 Å². The first-order valence-corrected chi connectivity index (χ1v) is 17.6. The summed E-state index contributed by atoms with van der Waals surface area (Å²) < 4.78 is 16.7. The van der Waals surface area contributed by atoms with Gasteiger partial charge in [-0.15, -0.1) is 23.2 Å². The summed E-state index contributed by atoms with van der Waals surface area (Å²) in [5.41, 5.74) is 3.22. The quantitative estimate of drug-likeness (QED) is 0.106. The molecule has 3 aromatic carbocycles. The molecule has 2 saturated heterocycles. The molecule has 0 bridgehead atoms. The lowest BCUT2D eigenvalue weighted by Gasteiger charge is -2.50. The fourth-order valence-corrected chi connectivity index (χ4v) is 9.64. The van der Waals surface area contributed by atoms with E-state index in [-0.39, 0.29) is 41.5 Å². The van der Waals surface area contributed by atoms with Crippen molar-refractivity contribution in [3.8, 4) is 28.7 Å². The van der Waals surface area contributed by atoms with E-state index >= 15 is 0 Å². The first-order valence-electron chi connectivity index (χ1n) is 15.8. The highest BCUT2D eigenvalue weighted by Gasteiger charge is 2.76. The second-order valence-corrected chi connectivity index (χ2v) is 14.5. The van der Waals surface area contributed by atoms with Crippen LogP contribution in [0.3, 0.4) is 0 Å². The molecule has 4 amide bonds. The SMILES string of the molecule is COc1cc(C2C3=CCC4C(=O)N(c5ccc(-c6nc7ccccc7o6)cc5)C(=O)C4C3CC3(Cl)C(=O)N(CBr)C(=O)C23Cl)cc(OC)c1O. The zero-order valence-electron chi connectivity index (χ0n) is 26.6. The number of halogens is 3. The van der Waals surface area contributed by atoms with E-state index in [9.17, 15) is 24.3 Å². The van der Waals surface area contributed by atoms with Gasteiger partial charge in [-0.2, -0.15) is 0 Å². The number of allylic oxidation sites excluding steroid dienone is 2. The van der Waals surface area contributed by atoms with Crippen molar-refractivity contribution in [1.82, 2.24) is 9.88 Å². The van der Waals surface area contributed by atoms with E-state index in [1.807, 2.05) is 30.3 Å². The maximum absolute atomic E-state index is 14.4. The Balaban J connectivity index is 1.21. The van der Waals surface area contributed by atoms with E-state index in [4.69, 9.17) is 37.1 Å². The van der Waals surface area contributed by atoms with Crippen molar-refractivity contribution in [2.75, 3.05) is 24.6 Å². The molecule has 6 unspecified atom stereocenters. The smallest absolute Gasteiger partial charge is 0.254 e. The van der Waals surface area contributed by atoms with Gasteiger partial charge in [-0.25, -0.2) is 4.98 Å². The lowest BCUT2D eigenvalue weighted by atomic mass is 9.56. The zero-order chi connectivity index (χ0) is 35.3. The molecule has 2 aliphatic heterocycles. The molecule has 256 valence electrons. The number of hydrogen-bond acceptors (Lipinski definition) is 9. The highest BCUT2D eigenvalue weighted by molar-refractivity contribution is 9.09. The van der Waals surface area contributed by atoms with E-state index in [0.29, 0.717) is 39.4 Å². The number of benzene rings is 3. The Bertz CT molecular complexity index is 2110. The number of ether oxygens (including phenoxy) is 2. The molecular weight excluding hydrogens is 753 g/mol. The van der Waals surface area contributed by atoms with Gasteiger partial charge in [0.25, 0.3) is 11.8 Å². The minimum atomic E-state index is -2.02. The number of phenolic OH excluding ortho intramolecular Hbond substituents is 1. The number of methoxy groups -OCH3 is 2. The van der Waals surface area contributed by atoms with Gasteiger partial charge in [-0.1, -0.05) is 39.7 Å². The van der Waals surface area contributed by atoms with Crippen LogP contribution in [-0.4, -0.2) is 68.0 Å². The lowest BCUT2D eigenvalue weighted by molar-refractivity contribution is -0.138. The van der Waals surface area contributed by atoms with Crippen LogP contribution >= 0.6 is 39.1 Å². The van der Waals surface area contributed by atoms with Crippen LogP contribution in [0.15, 0.2) is 76.7 Å². The summed E-state index contributed by atoms with van der Waals surface area (Å²) in [5.74, 6) is -5.42. The summed E-state index contributed by atoms with van der Waals surface area (Å²) in [6, 6.07) is 17.2. The number of carbonyl (C=O) groups excluding carboxylic acids is 4. The summed E-state index contributed by atoms with van der Waals surface area (Å²) >= 11 is 17.9. The Kier molecular flexibility index (Phi) is 7.59. The van der Waals surface area contributed by atoms with Crippen LogP contribution in [0.25, 0.3) is 22.6 Å². The second kappa shape index (κ2) is 11.6. The number of alkyl halides is 3. The van der Waals surface area contributed by atoms with Gasteiger partial charge in [0.1, 0.15) is 5.52 Å². The average molecular weight is 781 g/mol. The lowest BCUT2D eigenvalue weighted by Crippen LogP contribution is -2.60. The third kappa shape index (κ3) is 4.31. The number of rotatable bonds is 6. The predicted octanol–water partition coefficient (Wildman–Crippen LogP) is 6.13. The molecule has 0 spiro atoms. The highest BCUT2D eigenvalue weighted by atomic mass is 79.9. The van der Waals surface area contributed by atoms with Crippen molar-refractivity contribution in [3.63, 3.8) is 0 Å². The van der Waals surface area contributed by atoms with Crippen molar-refractivity contribution in [3.05, 3.63) is 77.9 Å². The van der Waals surface area contributed by atoms with Gasteiger partial charge in [0.15, 0.2) is 26.8 Å². The number of para-hydroxylation sites is 2. The first-order chi connectivity index (χ1) is 24.0. The molecule has 14 heteroatoms. The minimum Gasteiger partial charge on any atom is -0.502 e. The minimum absolute atomic E-state index is 0.0462. The first kappa shape index (κ1) is 32.8. The molecule has 8 rings (SSSR count). The van der Waals surface area contributed by atoms with E-state index in [1.165, 1.54) is 31.3 Å². The van der Waals surface area contributed by atoms with Gasteiger partial charge >= 0.3 is 0 Å². The topological polar surface area (TPSA) is 139 Å². The molecule has 11 nitrogen and oxygen atoms in total. The van der Waals surface area contributed by atoms with E-state index in [2.05, 4.69) is 20.9 Å². The number of likely N-dealkylation sites (tertiary alicyclic amines) is 1. The maximum atomic E-state index is 14.4. The van der Waals surface area contributed by atoms with E-state index in [0.717, 1.165) is 4.90 Å². The summed E-state index contributed by atoms with van der Waals surface area (Å²) in [6.07, 6.45) is 1.86. The van der Waals surface area contributed by atoms with Crippen molar-refractivity contribution in [2.24, 2.45) is 17.8 Å². The number of hydrogen-bond donors (Lipinski definition) is 1. The number of anilines is 1. The largest absolute Gasteiger partial charge is 0.502 e. The monoisotopic (exact) mass is 779 g/mol. The normalized spacial score (nSPS) is 28.9. The zero-order valence-corrected chi connectivity index (χ0v) is 29.7. The standard InChI is InChI=1S/C36H28BrCl2N3O8/c1-48-25-13-18(14-26(49-2)29(25)43)28-20-11-12-21-27(22(20)15-35(38)33(46)41(16-37)34(47)36(28,35)39)32(45)42(31(21)44)19-9-7-17(8-10-19)30-40-23-5-3-4-6-24(23)50-30/h3-11,13-14,21-22,27-28,43H,12,15-16H2,1-2H3. The molecule has 1 N–H and O–H groups in total. The van der Waals surface area contributed by atoms with Crippen LogP contribution in [-0.2, 0) is 19.2 Å². The molecule has 2 aliphatic carbocycles. The molecular formula is C36H28BrCl2N3O8. The van der Waals surface area contributed by atoms with Crippen molar-refractivity contribution >= 4 is 79.5 Å². The number of carbonyl (C=O) groups is 4. The van der Waals surface area contributed by atoms with E-state index in [1.54, 1.807) is 24.3 Å². The molecule has 1 aromatic heterocycles. The molecule has 4 aromatic rings. The summed E-state index contributed by atoms with van der Waals surface area (Å²) in [5, 5.41) is 10.7. The van der Waals surface area contributed by atoms with Gasteiger partial charge in [0.2, 0.25) is 23.5 Å². The van der Waals surface area contributed by atoms with Crippen LogP contribution in [0.4, 0.5) is 5.69 Å². The number of phenols is 1. The molecule has 0 radical (unpaired) electrons. The Labute approximate surface area is 303 Å². The predicted molar refractivity (Wildman–Crippen MR) is 186 cm³/mol. The number of aromatic nitrogens is 1. The summed E-state index contributed by atoms with van der Waals surface area (Å²) in [4.78, 5) is 59.2. The number of imide groups is 2. The highest BCUT2D eigenvalue weighted by Crippen LogP contribution is 2.66. The van der Waals surface area contributed by atoms with Gasteiger partial charge < -0.3 is 19.0 Å². The van der Waals surface area contributed by atoms with Crippen molar-refractivity contribution in [2.45, 2.75) is 28.5 Å². The average Bonchev–Trinajstić information content (AvgIpc) is 3.71. The van der Waals surface area contributed by atoms with Crippen LogP contribution in [0.2, 0.25) is 0 Å². The second-order valence-electron chi connectivity index (χ2n) is 12.8. The Hall–Kier alpha value is -4.39. The Morgan fingerprint density at radius 2 is 1.64 bits per heavy atom. The molecule has 3 heterocycles. The molecule has 1 saturated carbocycles. The molecule has 6 atom stereocenters. The van der Waals surface area contributed by atoms with Crippen molar-refractivity contribution in [1.29, 1.82) is 0 Å². The number of amides is 4. The number of nitrogens with zero attached hydrogens (tertiary/aromatic N) is 3. The van der Waals surface area contributed by atoms with Gasteiger partial charge in [0, 0.05) is 11.5 Å². The number of fused-ring (bicyclic) bond motifs is 5. The molecule has 3 fully saturated rings. The van der Waals surface area contributed by atoms with Gasteiger partial charge in [0.05, 0.1) is 37.2 Å². The van der Waals surface area contributed by atoms with E-state index < -0.39 is 51.1 Å². The third-order valence-electron chi connectivity index (χ3n) is 10.5. The number of aromatic hydroxyl groups is 1. The Morgan fingerprint density at radius 1 is 0.960 bits per heavy atom. The fourth-order valence-electron chi connectivity index (χ4n) is 8.21. The van der Waals surface area contributed by atoms with Crippen LogP contribution in [0, 0.1) is 17.8 Å². The van der Waals surface area contributed by atoms with Crippen LogP contribution in [0.1, 0.15) is 24.3 Å². The summed E-state index contributed by atoms with van der Waals surface area (Å²) in [6.45, 7) is 0. The third-order valence-corrected chi connectivity index (χ3v) is 12.4. The maximum Gasteiger partial charge on any atom is 0.254 e. The van der Waals surface area contributed by atoms with Crippen LogP contribution < -0.4 is 14.4 Å². The van der Waals surface area contributed by atoms with Crippen molar-refractivity contribution < 1.29 is 38.2 Å². The molecule has 50 heavy (non-hydrogen) atoms. The van der Waals surface area contributed by atoms with Crippen LogP contribution in [0.5, 0.6) is 17.2 Å². The van der Waals surface area contributed by atoms with Gasteiger partial charge in [-0.3, -0.25) is 29.0 Å². The summed E-state index contributed by atoms with van der Waals surface area (Å²) in [7, 11) is 2.73.